The van der Waals surface area contributed by atoms with Gasteiger partial charge in [0, 0.05) is 11.6 Å². The van der Waals surface area contributed by atoms with Crippen molar-refractivity contribution in [1.29, 1.82) is 0 Å². The van der Waals surface area contributed by atoms with Crippen LogP contribution in [-0.4, -0.2) is 6.61 Å². The van der Waals surface area contributed by atoms with E-state index in [0.29, 0.717) is 11.5 Å². The van der Waals surface area contributed by atoms with E-state index in [1.807, 2.05) is 6.07 Å². The first-order valence-corrected chi connectivity index (χ1v) is 5.98. The third kappa shape index (κ3) is 2.94. The van der Waals surface area contributed by atoms with Gasteiger partial charge in [0.25, 0.3) is 0 Å². The molecule has 2 nitrogen and oxygen atoms in total. The van der Waals surface area contributed by atoms with Gasteiger partial charge in [-0.3, -0.25) is 0 Å². The Labute approximate surface area is 99.8 Å². The molecule has 1 saturated carbocycles. The van der Waals surface area contributed by atoms with E-state index in [1.165, 1.54) is 12.8 Å². The number of halogens is 2. The summed E-state index contributed by atoms with van der Waals surface area (Å²) in [5, 5.41) is 0. The summed E-state index contributed by atoms with van der Waals surface area (Å²) in [5.41, 5.74) is 6.85. The summed E-state index contributed by atoms with van der Waals surface area (Å²) >= 11 is 0. The lowest BCUT2D eigenvalue weighted by Crippen LogP contribution is -2.20. The van der Waals surface area contributed by atoms with E-state index in [-0.39, 0.29) is 11.8 Å². The molecule has 0 heterocycles. The molecule has 0 amide bonds. The predicted molar refractivity (Wildman–Crippen MR) is 62.0 cm³/mol. The van der Waals surface area contributed by atoms with E-state index in [4.69, 9.17) is 5.73 Å². The SMILES string of the molecule is N[C@@H](c1ccccc1OC(F)F)C1CCCC1. The Morgan fingerprint density at radius 3 is 2.47 bits per heavy atom. The molecule has 1 aliphatic rings. The molecule has 0 aromatic heterocycles. The fourth-order valence-corrected chi connectivity index (χ4v) is 2.53. The highest BCUT2D eigenvalue weighted by Crippen LogP contribution is 2.37. The monoisotopic (exact) mass is 241 g/mol. The van der Waals surface area contributed by atoms with Crippen molar-refractivity contribution in [3.63, 3.8) is 0 Å². The number of hydrogen-bond acceptors (Lipinski definition) is 2. The molecular weight excluding hydrogens is 224 g/mol. The van der Waals surface area contributed by atoms with Crippen LogP contribution < -0.4 is 10.5 Å². The summed E-state index contributed by atoms with van der Waals surface area (Å²) in [6, 6.07) is 6.62. The maximum absolute atomic E-state index is 12.3. The van der Waals surface area contributed by atoms with Gasteiger partial charge in [0.15, 0.2) is 0 Å². The van der Waals surface area contributed by atoms with Gasteiger partial charge in [-0.2, -0.15) is 8.78 Å². The Kier molecular flexibility index (Phi) is 3.94. The van der Waals surface area contributed by atoms with Crippen LogP contribution in [0.15, 0.2) is 24.3 Å². The fourth-order valence-electron chi connectivity index (χ4n) is 2.53. The van der Waals surface area contributed by atoms with Gasteiger partial charge in [-0.1, -0.05) is 31.0 Å². The second kappa shape index (κ2) is 5.45. The predicted octanol–water partition coefficient (Wildman–Crippen LogP) is 3.48. The number of benzene rings is 1. The lowest BCUT2D eigenvalue weighted by molar-refractivity contribution is -0.0507. The van der Waals surface area contributed by atoms with Crippen molar-refractivity contribution in [1.82, 2.24) is 0 Å². The first kappa shape index (κ1) is 12.3. The Morgan fingerprint density at radius 1 is 1.18 bits per heavy atom. The molecule has 0 saturated heterocycles. The van der Waals surface area contributed by atoms with E-state index in [1.54, 1.807) is 18.2 Å². The normalized spacial score (nSPS) is 18.6. The van der Waals surface area contributed by atoms with Crippen LogP contribution in [0.5, 0.6) is 5.75 Å². The summed E-state index contributed by atoms with van der Waals surface area (Å²) in [6.07, 6.45) is 4.50. The lowest BCUT2D eigenvalue weighted by Gasteiger charge is -2.21. The first-order valence-electron chi connectivity index (χ1n) is 5.98. The van der Waals surface area contributed by atoms with Crippen molar-refractivity contribution in [3.8, 4) is 5.75 Å². The zero-order valence-corrected chi connectivity index (χ0v) is 9.61. The van der Waals surface area contributed by atoms with Crippen molar-refractivity contribution in [3.05, 3.63) is 29.8 Å². The Hall–Kier alpha value is -1.16. The largest absolute Gasteiger partial charge is 0.434 e. The maximum atomic E-state index is 12.3. The van der Waals surface area contributed by atoms with E-state index in [9.17, 15) is 8.78 Å². The van der Waals surface area contributed by atoms with Gasteiger partial charge in [-0.05, 0) is 24.8 Å². The van der Waals surface area contributed by atoms with Crippen LogP contribution in [-0.2, 0) is 0 Å². The van der Waals surface area contributed by atoms with Crippen LogP contribution in [0.1, 0.15) is 37.3 Å². The third-order valence-corrected chi connectivity index (χ3v) is 3.40. The van der Waals surface area contributed by atoms with Crippen molar-refractivity contribution >= 4 is 0 Å². The van der Waals surface area contributed by atoms with Gasteiger partial charge in [0.1, 0.15) is 5.75 Å². The number of alkyl halides is 2. The second-order valence-electron chi connectivity index (χ2n) is 4.49. The van der Waals surface area contributed by atoms with Crippen molar-refractivity contribution in [2.75, 3.05) is 0 Å². The maximum Gasteiger partial charge on any atom is 0.387 e. The van der Waals surface area contributed by atoms with Crippen molar-refractivity contribution in [2.24, 2.45) is 11.7 Å². The van der Waals surface area contributed by atoms with Gasteiger partial charge >= 0.3 is 6.61 Å². The van der Waals surface area contributed by atoms with Crippen LogP contribution in [0.3, 0.4) is 0 Å². The smallest absolute Gasteiger partial charge is 0.387 e. The standard InChI is InChI=1S/C13H17F2NO/c14-13(15)17-11-8-4-3-7-10(11)12(16)9-5-1-2-6-9/h3-4,7-9,12-13H,1-2,5-6,16H2/t12-/m1/s1. The molecular formula is C13H17F2NO. The minimum Gasteiger partial charge on any atom is -0.434 e. The van der Waals surface area contributed by atoms with Crippen LogP contribution in [0.2, 0.25) is 0 Å². The third-order valence-electron chi connectivity index (χ3n) is 3.40. The average molecular weight is 241 g/mol. The van der Waals surface area contributed by atoms with E-state index < -0.39 is 6.61 Å². The van der Waals surface area contributed by atoms with E-state index >= 15 is 0 Å². The molecule has 0 bridgehead atoms. The molecule has 0 aliphatic heterocycles. The van der Waals surface area contributed by atoms with Gasteiger partial charge in [0.05, 0.1) is 0 Å². The Morgan fingerprint density at radius 2 is 1.82 bits per heavy atom. The molecule has 17 heavy (non-hydrogen) atoms. The Balaban J connectivity index is 2.18. The number of nitrogens with two attached hydrogens (primary N) is 1. The molecule has 1 aromatic carbocycles. The molecule has 2 rings (SSSR count). The first-order chi connectivity index (χ1) is 8.18. The van der Waals surface area contributed by atoms with E-state index in [0.717, 1.165) is 12.8 Å². The zero-order chi connectivity index (χ0) is 12.3. The molecule has 0 unspecified atom stereocenters. The topological polar surface area (TPSA) is 35.2 Å². The number of hydrogen-bond donors (Lipinski definition) is 1. The molecule has 1 atom stereocenters. The van der Waals surface area contributed by atoms with Gasteiger partial charge < -0.3 is 10.5 Å². The van der Waals surface area contributed by atoms with E-state index in [2.05, 4.69) is 4.74 Å². The Bertz CT molecular complexity index is 364. The molecule has 0 radical (unpaired) electrons. The van der Waals surface area contributed by atoms with Gasteiger partial charge in [-0.25, -0.2) is 0 Å². The highest BCUT2D eigenvalue weighted by atomic mass is 19.3. The quantitative estimate of drug-likeness (QED) is 0.875. The summed E-state index contributed by atoms with van der Waals surface area (Å²) in [7, 11) is 0. The summed E-state index contributed by atoms with van der Waals surface area (Å²) in [6.45, 7) is -2.80. The van der Waals surface area contributed by atoms with Crippen molar-refractivity contribution < 1.29 is 13.5 Å². The molecule has 94 valence electrons. The minimum atomic E-state index is -2.80. The highest BCUT2D eigenvalue weighted by molar-refractivity contribution is 5.36. The van der Waals surface area contributed by atoms with Crippen molar-refractivity contribution in [2.45, 2.75) is 38.3 Å². The molecule has 1 aliphatic carbocycles. The summed E-state index contributed by atoms with van der Waals surface area (Å²) in [4.78, 5) is 0. The summed E-state index contributed by atoms with van der Waals surface area (Å²) in [5.74, 6) is 0.597. The van der Waals surface area contributed by atoms with Gasteiger partial charge in [0.2, 0.25) is 0 Å². The average Bonchev–Trinajstić information content (AvgIpc) is 2.81. The van der Waals surface area contributed by atoms with Crippen LogP contribution in [0.4, 0.5) is 8.78 Å². The van der Waals surface area contributed by atoms with Gasteiger partial charge in [-0.15, -0.1) is 0 Å². The highest BCUT2D eigenvalue weighted by Gasteiger charge is 2.25. The second-order valence-corrected chi connectivity index (χ2v) is 4.49. The molecule has 1 fully saturated rings. The molecule has 2 N–H and O–H groups in total. The molecule has 1 aromatic rings. The molecule has 4 heteroatoms. The van der Waals surface area contributed by atoms with Crippen LogP contribution in [0.25, 0.3) is 0 Å². The lowest BCUT2D eigenvalue weighted by atomic mass is 9.92. The minimum absolute atomic E-state index is 0.201. The van der Waals surface area contributed by atoms with Crippen LogP contribution in [0, 0.1) is 5.92 Å². The molecule has 0 spiro atoms. The fraction of sp³-hybridized carbons (Fsp3) is 0.538. The summed E-state index contributed by atoms with van der Waals surface area (Å²) < 4.78 is 29.1. The number of para-hydroxylation sites is 1. The van der Waals surface area contributed by atoms with Crippen LogP contribution >= 0.6 is 0 Å². The zero-order valence-electron chi connectivity index (χ0n) is 9.61. The number of ether oxygens (including phenoxy) is 1. The number of rotatable bonds is 4.